The molecule has 0 radical (unpaired) electrons. The fourth-order valence-corrected chi connectivity index (χ4v) is 20.9. The summed E-state index contributed by atoms with van der Waals surface area (Å²) >= 11 is -0.214. The van der Waals surface area contributed by atoms with E-state index in [4.69, 9.17) is 8.56 Å². The minimum atomic E-state index is -4.83. The Hall–Kier alpha value is -0.610. The second-order valence-electron chi connectivity index (χ2n) is 6.39. The number of hydrogen-bond acceptors (Lipinski definition) is 3. The first kappa shape index (κ1) is 21.1. The maximum atomic E-state index is 6.59. The van der Waals surface area contributed by atoms with Crippen molar-refractivity contribution in [3.05, 3.63) is 89.5 Å². The molecule has 0 aliphatic heterocycles. The van der Waals surface area contributed by atoms with Crippen LogP contribution in [0.2, 0.25) is 0 Å². The Balaban J connectivity index is 2.05. The summed E-state index contributed by atoms with van der Waals surface area (Å²) in [6, 6.07) is 23.9. The topological polar surface area (TPSA) is 27.7 Å². The second-order valence-corrected chi connectivity index (χ2v) is 61.6. The van der Waals surface area contributed by atoms with Crippen molar-refractivity contribution < 1.29 is 20.1 Å². The molecule has 0 bridgehead atoms. The molecule has 0 aliphatic carbocycles. The van der Waals surface area contributed by atoms with Gasteiger partial charge in [-0.3, -0.25) is 0 Å². The van der Waals surface area contributed by atoms with Gasteiger partial charge in [-0.05, 0) is 0 Å². The molecule has 0 saturated carbocycles. The Labute approximate surface area is 181 Å². The standard InChI is InChI=1S/3C7H8O.Hf.2HI/c3*1-6-4-2-3-5-7(6)8;;;/h3*2-5,8H,1H3;;2*1H/q;;;+5;;/p-5. The van der Waals surface area contributed by atoms with Gasteiger partial charge in [0.15, 0.2) is 0 Å². The number of benzene rings is 3. The SMILES string of the molecule is Cc1ccccc1[O][Hf]([I])([I])([O]c1ccccc1C)[O]c1ccccc1C. The quantitative estimate of drug-likeness (QED) is 0.196. The molecule has 0 unspecified atom stereocenters. The number of halogens is 2. The third-order valence-corrected chi connectivity index (χ3v) is 20.7. The zero-order valence-electron chi connectivity index (χ0n) is 15.4. The predicted octanol–water partition coefficient (Wildman–Crippen LogP) is 7.28. The van der Waals surface area contributed by atoms with Crippen LogP contribution in [0.15, 0.2) is 72.8 Å². The first-order chi connectivity index (χ1) is 12.7. The van der Waals surface area contributed by atoms with Gasteiger partial charge in [0.2, 0.25) is 0 Å². The second kappa shape index (κ2) is 8.41. The van der Waals surface area contributed by atoms with Gasteiger partial charge in [-0.15, -0.1) is 0 Å². The Bertz CT molecular complexity index is 837. The molecule has 0 fully saturated rings. The first-order valence-corrected chi connectivity index (χ1v) is 33.4. The van der Waals surface area contributed by atoms with E-state index in [0.29, 0.717) is 0 Å². The summed E-state index contributed by atoms with van der Waals surface area (Å²) in [5.41, 5.74) is 3.15. The van der Waals surface area contributed by atoms with Crippen molar-refractivity contribution in [1.82, 2.24) is 0 Å². The van der Waals surface area contributed by atoms with E-state index in [1.54, 1.807) is 0 Å². The van der Waals surface area contributed by atoms with Crippen molar-refractivity contribution in [2.45, 2.75) is 20.8 Å². The van der Waals surface area contributed by atoms with Crippen molar-refractivity contribution in [1.29, 1.82) is 0 Å². The van der Waals surface area contributed by atoms with Crippen molar-refractivity contribution in [3.8, 4) is 17.2 Å². The van der Waals surface area contributed by atoms with E-state index in [9.17, 15) is 0 Å². The zero-order valence-corrected chi connectivity index (χ0v) is 23.3. The van der Waals surface area contributed by atoms with Crippen LogP contribution in [0.4, 0.5) is 0 Å². The maximum absolute atomic E-state index is 6.59. The summed E-state index contributed by atoms with van der Waals surface area (Å²) < 4.78 is 19.8. The molecule has 141 valence electrons. The molecule has 0 heterocycles. The molecule has 0 N–H and O–H groups in total. The van der Waals surface area contributed by atoms with Crippen LogP contribution in [0.5, 0.6) is 17.2 Å². The monoisotopic (exact) mass is 755 g/mol. The van der Waals surface area contributed by atoms with E-state index in [2.05, 4.69) is 36.3 Å². The van der Waals surface area contributed by atoms with E-state index in [1.165, 1.54) is 0 Å². The average molecular weight is 754 g/mol. The van der Waals surface area contributed by atoms with E-state index in [0.717, 1.165) is 33.9 Å². The molecule has 3 nitrogen and oxygen atoms in total. The number of para-hydroxylation sites is 3. The van der Waals surface area contributed by atoms with Crippen LogP contribution < -0.4 is 8.56 Å². The van der Waals surface area contributed by atoms with Crippen molar-refractivity contribution in [3.63, 3.8) is 0 Å². The van der Waals surface area contributed by atoms with Gasteiger partial charge in [-0.25, -0.2) is 0 Å². The van der Waals surface area contributed by atoms with E-state index < -0.39 is 11.5 Å². The molecular formula is C21H21HfI2O3. The van der Waals surface area contributed by atoms with Crippen LogP contribution >= 0.6 is 36.3 Å². The number of rotatable bonds is 6. The molecular weight excluding hydrogens is 733 g/mol. The normalized spacial score (nSPS) is 12.7. The van der Waals surface area contributed by atoms with Gasteiger partial charge in [-0.2, -0.15) is 0 Å². The van der Waals surface area contributed by atoms with Crippen molar-refractivity contribution >= 4 is 36.3 Å². The van der Waals surface area contributed by atoms with Crippen molar-refractivity contribution in [2.24, 2.45) is 0 Å². The Morgan fingerprint density at radius 3 is 1.04 bits per heavy atom. The van der Waals surface area contributed by atoms with Crippen LogP contribution in [0.3, 0.4) is 0 Å². The van der Waals surface area contributed by atoms with Crippen LogP contribution in [0, 0.1) is 20.8 Å². The molecule has 0 atom stereocenters. The van der Waals surface area contributed by atoms with E-state index >= 15 is 0 Å². The van der Waals surface area contributed by atoms with Gasteiger partial charge in [0.25, 0.3) is 0 Å². The third kappa shape index (κ3) is 5.47. The van der Waals surface area contributed by atoms with Gasteiger partial charge in [-0.1, -0.05) is 0 Å². The molecule has 0 saturated heterocycles. The zero-order chi connectivity index (χ0) is 19.5. The molecule has 0 spiro atoms. The fourth-order valence-electron chi connectivity index (χ4n) is 2.59. The fraction of sp³-hybridized carbons (Fsp3) is 0.143. The van der Waals surface area contributed by atoms with Crippen molar-refractivity contribution in [2.75, 3.05) is 0 Å². The summed E-state index contributed by atoms with van der Waals surface area (Å²) in [5, 5.41) is 0. The van der Waals surface area contributed by atoms with Crippen LogP contribution in [-0.2, 0) is 11.5 Å². The summed E-state index contributed by atoms with van der Waals surface area (Å²) in [4.78, 5) is 0. The number of hydrogen-bond donors (Lipinski definition) is 0. The van der Waals surface area contributed by atoms with Crippen LogP contribution in [0.1, 0.15) is 16.7 Å². The summed E-state index contributed by atoms with van der Waals surface area (Å²) in [6.45, 7) is 6.09. The van der Waals surface area contributed by atoms with E-state index in [-0.39, 0.29) is 0 Å². The molecule has 0 aromatic heterocycles. The molecule has 3 rings (SSSR count). The first-order valence-electron chi connectivity index (χ1n) is 8.58. The summed E-state index contributed by atoms with van der Waals surface area (Å²) in [5.74, 6) is 2.37. The Morgan fingerprint density at radius 1 is 0.519 bits per heavy atom. The Kier molecular flexibility index (Phi) is 6.57. The third-order valence-electron chi connectivity index (χ3n) is 4.09. The van der Waals surface area contributed by atoms with Crippen LogP contribution in [-0.4, -0.2) is 0 Å². The predicted molar refractivity (Wildman–Crippen MR) is 123 cm³/mol. The molecule has 0 aliphatic rings. The Morgan fingerprint density at radius 2 is 0.778 bits per heavy atom. The van der Waals surface area contributed by atoms with Gasteiger partial charge in [0, 0.05) is 0 Å². The van der Waals surface area contributed by atoms with Gasteiger partial charge >= 0.3 is 184 Å². The van der Waals surface area contributed by atoms with Gasteiger partial charge in [0.1, 0.15) is 0 Å². The van der Waals surface area contributed by atoms with E-state index in [1.807, 2.05) is 93.6 Å². The molecule has 3 aromatic carbocycles. The molecule has 6 heteroatoms. The molecule has 27 heavy (non-hydrogen) atoms. The molecule has 0 amide bonds. The van der Waals surface area contributed by atoms with Crippen LogP contribution in [0.25, 0.3) is 0 Å². The summed E-state index contributed by atoms with van der Waals surface area (Å²) in [7, 11) is 0. The molecule has 3 aromatic rings. The number of aryl methyl sites for hydroxylation is 3. The van der Waals surface area contributed by atoms with Gasteiger partial charge < -0.3 is 0 Å². The van der Waals surface area contributed by atoms with Gasteiger partial charge in [0.05, 0.1) is 0 Å². The average Bonchev–Trinajstić information content (AvgIpc) is 2.61. The minimum absolute atomic E-state index is 0.791. The summed E-state index contributed by atoms with van der Waals surface area (Å²) in [6.07, 6.45) is 0.